The van der Waals surface area contributed by atoms with E-state index >= 15 is 4.57 Å². The summed E-state index contributed by atoms with van der Waals surface area (Å²) in [6.07, 6.45) is 1.58. The molecule has 2 heteroatoms. The number of aryl methyl sites for hydroxylation is 2. The van der Waals surface area contributed by atoms with E-state index in [0.717, 1.165) is 34.3 Å². The lowest BCUT2D eigenvalue weighted by Crippen LogP contribution is -2.29. The maximum atomic E-state index is 15.7. The average molecular weight is 485 g/mol. The van der Waals surface area contributed by atoms with Crippen molar-refractivity contribution in [2.24, 2.45) is 0 Å². The zero-order valence-electron chi connectivity index (χ0n) is 20.7. The van der Waals surface area contributed by atoms with Crippen molar-refractivity contribution in [3.8, 4) is 11.1 Å². The molecule has 5 aromatic carbocycles. The third-order valence-corrected chi connectivity index (χ3v) is 10.9. The lowest BCUT2D eigenvalue weighted by atomic mass is 9.96. The molecule has 0 N–H and O–H groups in total. The number of benzene rings is 5. The molecule has 0 radical (unpaired) electrons. The molecule has 0 saturated heterocycles. The summed E-state index contributed by atoms with van der Waals surface area (Å²) < 4.78 is 15.7. The zero-order valence-corrected chi connectivity index (χ0v) is 21.6. The smallest absolute Gasteiger partial charge is 0.171 e. The van der Waals surface area contributed by atoms with Crippen LogP contribution in [0.3, 0.4) is 0 Å². The van der Waals surface area contributed by atoms with Crippen LogP contribution >= 0.6 is 7.14 Å². The molecule has 6 rings (SSSR count). The fourth-order valence-electron chi connectivity index (χ4n) is 5.77. The highest BCUT2D eigenvalue weighted by Gasteiger charge is 2.36. The largest absolute Gasteiger partial charge is 0.309 e. The lowest BCUT2D eigenvalue weighted by molar-refractivity contribution is 0.592. The van der Waals surface area contributed by atoms with Gasteiger partial charge in [-0.25, -0.2) is 0 Å². The quantitative estimate of drug-likeness (QED) is 0.239. The lowest BCUT2D eigenvalue weighted by Gasteiger charge is -2.25. The second-order valence-electron chi connectivity index (χ2n) is 9.76. The van der Waals surface area contributed by atoms with Gasteiger partial charge in [0, 0.05) is 15.9 Å². The van der Waals surface area contributed by atoms with Crippen LogP contribution in [0.5, 0.6) is 0 Å². The molecule has 0 heterocycles. The Labute approximate surface area is 213 Å². The van der Waals surface area contributed by atoms with Gasteiger partial charge in [-0.15, -0.1) is 0 Å². The fraction of sp³-hybridized carbons (Fsp3) is 0.118. The molecule has 0 amide bonds. The van der Waals surface area contributed by atoms with E-state index in [2.05, 4.69) is 92.7 Å². The summed E-state index contributed by atoms with van der Waals surface area (Å²) >= 11 is 0. The van der Waals surface area contributed by atoms with Crippen LogP contribution in [0.1, 0.15) is 33.4 Å². The van der Waals surface area contributed by atoms with Crippen LogP contribution in [-0.2, 0) is 17.4 Å². The summed E-state index contributed by atoms with van der Waals surface area (Å²) in [5.41, 5.74) is 9.98. The highest BCUT2D eigenvalue weighted by atomic mass is 31.2. The molecule has 0 bridgehead atoms. The second kappa shape index (κ2) is 9.08. The molecule has 0 fully saturated rings. The minimum Gasteiger partial charge on any atom is -0.309 e. The number of fused-ring (bicyclic) bond motifs is 3. The van der Waals surface area contributed by atoms with Crippen molar-refractivity contribution in [2.45, 2.75) is 26.7 Å². The monoisotopic (exact) mass is 484 g/mol. The third-order valence-electron chi connectivity index (χ3n) is 7.63. The molecule has 1 atom stereocenters. The van der Waals surface area contributed by atoms with Crippen LogP contribution in [0.2, 0.25) is 0 Å². The third kappa shape index (κ3) is 3.67. The molecule has 1 unspecified atom stereocenters. The molecule has 0 aliphatic heterocycles. The Morgan fingerprint density at radius 2 is 1.22 bits per heavy atom. The van der Waals surface area contributed by atoms with Crippen molar-refractivity contribution in [1.82, 2.24) is 0 Å². The van der Waals surface area contributed by atoms with Gasteiger partial charge in [0.2, 0.25) is 0 Å². The molecule has 1 aliphatic rings. The SMILES string of the molecule is Cc1cccc(C)c1Cc1ccccc1P(=O)(c1ccccc1)c1cccc2c1Cc1ccccc1-2. The molecular formula is C34H29OP. The molecule has 1 aliphatic carbocycles. The van der Waals surface area contributed by atoms with Gasteiger partial charge in [-0.3, -0.25) is 0 Å². The Bertz CT molecular complexity index is 1610. The van der Waals surface area contributed by atoms with E-state index in [9.17, 15) is 0 Å². The first-order valence-corrected chi connectivity index (χ1v) is 14.3. The molecular weight excluding hydrogens is 455 g/mol. The van der Waals surface area contributed by atoms with Crippen molar-refractivity contribution in [3.05, 3.63) is 149 Å². The average Bonchev–Trinajstić information content (AvgIpc) is 3.30. The summed E-state index contributed by atoms with van der Waals surface area (Å²) in [4.78, 5) is 0. The molecule has 0 saturated carbocycles. The van der Waals surface area contributed by atoms with Crippen molar-refractivity contribution >= 4 is 23.1 Å². The highest BCUT2D eigenvalue weighted by molar-refractivity contribution is 7.85. The van der Waals surface area contributed by atoms with Crippen LogP contribution in [0, 0.1) is 13.8 Å². The highest BCUT2D eigenvalue weighted by Crippen LogP contribution is 2.48. The Morgan fingerprint density at radius 1 is 0.611 bits per heavy atom. The maximum absolute atomic E-state index is 15.7. The van der Waals surface area contributed by atoms with Crippen LogP contribution in [0.25, 0.3) is 11.1 Å². The van der Waals surface area contributed by atoms with Gasteiger partial charge >= 0.3 is 0 Å². The van der Waals surface area contributed by atoms with Gasteiger partial charge in [0.15, 0.2) is 7.14 Å². The minimum absolute atomic E-state index is 0.765. The fourth-order valence-corrected chi connectivity index (χ4v) is 8.90. The summed E-state index contributed by atoms with van der Waals surface area (Å²) in [6, 6.07) is 39.9. The molecule has 0 spiro atoms. The Balaban J connectivity index is 1.60. The van der Waals surface area contributed by atoms with E-state index in [1.165, 1.54) is 38.9 Å². The number of hydrogen-bond donors (Lipinski definition) is 0. The van der Waals surface area contributed by atoms with Crippen molar-refractivity contribution < 1.29 is 4.57 Å². The summed E-state index contributed by atoms with van der Waals surface area (Å²) in [5.74, 6) is 0. The summed E-state index contributed by atoms with van der Waals surface area (Å²) in [6.45, 7) is 4.34. The molecule has 0 aromatic heterocycles. The van der Waals surface area contributed by atoms with Gasteiger partial charge < -0.3 is 4.57 Å². The first-order chi connectivity index (χ1) is 17.6. The first-order valence-electron chi connectivity index (χ1n) is 12.6. The van der Waals surface area contributed by atoms with E-state index in [-0.39, 0.29) is 0 Å². The van der Waals surface area contributed by atoms with Crippen LogP contribution < -0.4 is 15.9 Å². The van der Waals surface area contributed by atoms with Crippen LogP contribution in [-0.4, -0.2) is 0 Å². The molecule has 5 aromatic rings. The van der Waals surface area contributed by atoms with Gasteiger partial charge in [0.1, 0.15) is 0 Å². The topological polar surface area (TPSA) is 17.1 Å². The maximum Gasteiger partial charge on any atom is 0.171 e. The van der Waals surface area contributed by atoms with E-state index < -0.39 is 7.14 Å². The Kier molecular flexibility index (Phi) is 5.75. The molecule has 176 valence electrons. The number of rotatable bonds is 5. The van der Waals surface area contributed by atoms with E-state index in [0.29, 0.717) is 0 Å². The van der Waals surface area contributed by atoms with E-state index in [1.54, 1.807) is 0 Å². The van der Waals surface area contributed by atoms with E-state index in [1.807, 2.05) is 36.4 Å². The van der Waals surface area contributed by atoms with Gasteiger partial charge in [-0.2, -0.15) is 0 Å². The zero-order chi connectivity index (χ0) is 24.7. The minimum atomic E-state index is -3.15. The van der Waals surface area contributed by atoms with Gasteiger partial charge in [0.25, 0.3) is 0 Å². The van der Waals surface area contributed by atoms with Gasteiger partial charge in [0.05, 0.1) is 0 Å². The predicted octanol–water partition coefficient (Wildman–Crippen LogP) is 7.10. The second-order valence-corrected chi connectivity index (χ2v) is 12.5. The van der Waals surface area contributed by atoms with Crippen molar-refractivity contribution in [1.29, 1.82) is 0 Å². The Morgan fingerprint density at radius 3 is 2.03 bits per heavy atom. The summed E-state index contributed by atoms with van der Waals surface area (Å²) in [7, 11) is -3.15. The van der Waals surface area contributed by atoms with Crippen molar-refractivity contribution in [2.75, 3.05) is 0 Å². The van der Waals surface area contributed by atoms with Crippen LogP contribution in [0.4, 0.5) is 0 Å². The number of hydrogen-bond acceptors (Lipinski definition) is 1. The van der Waals surface area contributed by atoms with Crippen molar-refractivity contribution in [3.63, 3.8) is 0 Å². The normalized spacial score (nSPS) is 13.6. The van der Waals surface area contributed by atoms with E-state index in [4.69, 9.17) is 0 Å². The van der Waals surface area contributed by atoms with Gasteiger partial charge in [-0.05, 0) is 71.2 Å². The van der Waals surface area contributed by atoms with Crippen LogP contribution in [0.15, 0.2) is 115 Å². The Hall–Kier alpha value is -3.67. The molecule has 36 heavy (non-hydrogen) atoms. The molecule has 1 nitrogen and oxygen atoms in total. The standard InChI is InChI=1S/C34H29OP/c1-24-12-10-13-25(2)31(24)23-27-15-7-9-20-33(27)36(35,28-16-4-3-5-17-28)34-21-11-19-30-29-18-8-6-14-26(29)22-32(30)34/h3-21H,22-23H2,1-2H3. The summed E-state index contributed by atoms with van der Waals surface area (Å²) in [5, 5.41) is 2.81. The van der Waals surface area contributed by atoms with Gasteiger partial charge in [-0.1, -0.05) is 115 Å². The predicted molar refractivity (Wildman–Crippen MR) is 153 cm³/mol. The first kappa shape index (κ1) is 22.8.